The predicted octanol–water partition coefficient (Wildman–Crippen LogP) is 3.01. The molecule has 30 heavy (non-hydrogen) atoms. The summed E-state index contributed by atoms with van der Waals surface area (Å²) in [4.78, 5) is 15.1. The Kier molecular flexibility index (Phi) is 7.64. The van der Waals surface area contributed by atoms with Crippen LogP contribution in [0.4, 0.5) is 0 Å². The summed E-state index contributed by atoms with van der Waals surface area (Å²) < 4.78 is 32.4. The van der Waals surface area contributed by atoms with E-state index in [0.29, 0.717) is 24.6 Å². The van der Waals surface area contributed by atoms with E-state index in [0.717, 1.165) is 24.8 Å². The van der Waals surface area contributed by atoms with Crippen LogP contribution in [0.3, 0.4) is 0 Å². The summed E-state index contributed by atoms with van der Waals surface area (Å²) in [5, 5.41) is 0. The SMILES string of the molecule is COCCNS(=O)(=O)c1ccc(C)c(C(=O)N2CCC(Cc3ccccc3)CC2)c1. The molecule has 1 amide bonds. The van der Waals surface area contributed by atoms with Gasteiger partial charge in [-0.05, 0) is 55.4 Å². The third-order valence-corrected chi connectivity index (χ3v) is 7.08. The van der Waals surface area contributed by atoms with Crippen molar-refractivity contribution in [2.45, 2.75) is 31.1 Å². The van der Waals surface area contributed by atoms with Crippen LogP contribution in [0.2, 0.25) is 0 Å². The smallest absolute Gasteiger partial charge is 0.254 e. The van der Waals surface area contributed by atoms with Crippen molar-refractivity contribution in [2.75, 3.05) is 33.4 Å². The van der Waals surface area contributed by atoms with Gasteiger partial charge in [0.15, 0.2) is 0 Å². The molecule has 0 atom stereocenters. The zero-order valence-corrected chi connectivity index (χ0v) is 18.5. The molecular formula is C23H30N2O4S. The Bertz CT molecular complexity index is 952. The zero-order chi connectivity index (χ0) is 21.6. The molecule has 0 unspecified atom stereocenters. The van der Waals surface area contributed by atoms with E-state index in [9.17, 15) is 13.2 Å². The summed E-state index contributed by atoms with van der Waals surface area (Å²) in [6.45, 7) is 3.70. The van der Waals surface area contributed by atoms with Crippen molar-refractivity contribution >= 4 is 15.9 Å². The number of nitrogens with zero attached hydrogens (tertiary/aromatic N) is 1. The van der Waals surface area contributed by atoms with E-state index in [4.69, 9.17) is 4.74 Å². The molecule has 1 fully saturated rings. The minimum atomic E-state index is -3.68. The maximum atomic E-state index is 13.1. The fraction of sp³-hybridized carbons (Fsp3) is 0.435. The monoisotopic (exact) mass is 430 g/mol. The second kappa shape index (κ2) is 10.2. The molecule has 1 N–H and O–H groups in total. The molecule has 1 heterocycles. The van der Waals surface area contributed by atoms with E-state index in [1.807, 2.05) is 17.9 Å². The van der Waals surface area contributed by atoms with Gasteiger partial charge in [-0.25, -0.2) is 13.1 Å². The molecule has 2 aromatic carbocycles. The van der Waals surface area contributed by atoms with Gasteiger partial charge < -0.3 is 9.64 Å². The Balaban J connectivity index is 1.65. The first-order valence-electron chi connectivity index (χ1n) is 10.3. The molecule has 1 aliphatic heterocycles. The van der Waals surface area contributed by atoms with Gasteiger partial charge in [-0.2, -0.15) is 0 Å². The normalized spacial score (nSPS) is 15.3. The molecule has 1 aliphatic rings. The van der Waals surface area contributed by atoms with Gasteiger partial charge in [-0.3, -0.25) is 4.79 Å². The Labute approximate surface area is 179 Å². The van der Waals surface area contributed by atoms with Crippen LogP contribution in [0, 0.1) is 12.8 Å². The van der Waals surface area contributed by atoms with E-state index in [-0.39, 0.29) is 24.0 Å². The Hall–Kier alpha value is -2.22. The number of aryl methyl sites for hydroxylation is 1. The summed E-state index contributed by atoms with van der Waals surface area (Å²) in [6.07, 6.45) is 2.94. The third-order valence-electron chi connectivity index (χ3n) is 5.62. The standard InChI is InChI=1S/C23H30N2O4S/c1-18-8-9-21(30(27,28)24-12-15-29-2)17-22(18)23(26)25-13-10-20(11-14-25)16-19-6-4-3-5-7-19/h3-9,17,20,24H,10-16H2,1-2H3. The molecule has 0 spiro atoms. The van der Waals surface area contributed by atoms with Crippen LogP contribution >= 0.6 is 0 Å². The molecule has 7 heteroatoms. The van der Waals surface area contributed by atoms with Crippen LogP contribution in [0.25, 0.3) is 0 Å². The van der Waals surface area contributed by atoms with E-state index >= 15 is 0 Å². The number of methoxy groups -OCH3 is 1. The van der Waals surface area contributed by atoms with Crippen LogP contribution in [-0.4, -0.2) is 52.6 Å². The highest BCUT2D eigenvalue weighted by Gasteiger charge is 2.26. The number of sulfonamides is 1. The summed E-state index contributed by atoms with van der Waals surface area (Å²) >= 11 is 0. The van der Waals surface area contributed by atoms with Crippen molar-refractivity contribution < 1.29 is 17.9 Å². The lowest BCUT2D eigenvalue weighted by molar-refractivity contribution is 0.0689. The number of amides is 1. The average Bonchev–Trinajstić information content (AvgIpc) is 2.75. The topological polar surface area (TPSA) is 75.7 Å². The number of hydrogen-bond acceptors (Lipinski definition) is 4. The van der Waals surface area contributed by atoms with Gasteiger partial charge in [0.05, 0.1) is 11.5 Å². The second-order valence-corrected chi connectivity index (χ2v) is 9.56. The quantitative estimate of drug-likeness (QED) is 0.653. The largest absolute Gasteiger partial charge is 0.383 e. The van der Waals surface area contributed by atoms with E-state index < -0.39 is 10.0 Å². The molecule has 0 radical (unpaired) electrons. The molecule has 0 saturated carbocycles. The lowest BCUT2D eigenvalue weighted by Crippen LogP contribution is -2.39. The first-order valence-corrected chi connectivity index (χ1v) is 11.8. The Morgan fingerprint density at radius 3 is 2.50 bits per heavy atom. The summed E-state index contributed by atoms with van der Waals surface area (Å²) in [5.41, 5.74) is 2.56. The lowest BCUT2D eigenvalue weighted by atomic mass is 9.90. The highest BCUT2D eigenvalue weighted by atomic mass is 32.2. The summed E-state index contributed by atoms with van der Waals surface area (Å²) in [6, 6.07) is 15.1. The zero-order valence-electron chi connectivity index (χ0n) is 17.6. The fourth-order valence-corrected chi connectivity index (χ4v) is 4.86. The van der Waals surface area contributed by atoms with Gasteiger partial charge in [0.1, 0.15) is 0 Å². The first-order chi connectivity index (χ1) is 14.4. The molecule has 6 nitrogen and oxygen atoms in total. The molecule has 0 bridgehead atoms. The summed E-state index contributed by atoms with van der Waals surface area (Å²) in [7, 11) is -2.17. The number of hydrogen-bond donors (Lipinski definition) is 1. The van der Waals surface area contributed by atoms with Crippen LogP contribution in [0.15, 0.2) is 53.4 Å². The number of carbonyl (C=O) groups excluding carboxylic acids is 1. The van der Waals surface area contributed by atoms with Gasteiger partial charge in [0, 0.05) is 32.3 Å². The molecule has 162 valence electrons. The van der Waals surface area contributed by atoms with Gasteiger partial charge in [-0.1, -0.05) is 36.4 Å². The van der Waals surface area contributed by atoms with E-state index in [1.165, 1.54) is 24.8 Å². The fourth-order valence-electron chi connectivity index (χ4n) is 3.82. The van der Waals surface area contributed by atoms with Crippen LogP contribution in [0.5, 0.6) is 0 Å². The molecular weight excluding hydrogens is 400 g/mol. The number of carbonyl (C=O) groups is 1. The molecule has 0 aliphatic carbocycles. The highest BCUT2D eigenvalue weighted by Crippen LogP contribution is 2.24. The van der Waals surface area contributed by atoms with Gasteiger partial charge >= 0.3 is 0 Å². The van der Waals surface area contributed by atoms with Crippen molar-refractivity contribution in [1.82, 2.24) is 9.62 Å². The molecule has 0 aromatic heterocycles. The van der Waals surface area contributed by atoms with Gasteiger partial charge in [0.2, 0.25) is 10.0 Å². The second-order valence-electron chi connectivity index (χ2n) is 7.79. The molecule has 1 saturated heterocycles. The Morgan fingerprint density at radius 1 is 1.13 bits per heavy atom. The highest BCUT2D eigenvalue weighted by molar-refractivity contribution is 7.89. The van der Waals surface area contributed by atoms with Crippen molar-refractivity contribution in [2.24, 2.45) is 5.92 Å². The average molecular weight is 431 g/mol. The summed E-state index contributed by atoms with van der Waals surface area (Å²) in [5.74, 6) is 0.467. The van der Waals surface area contributed by atoms with Gasteiger partial charge in [-0.15, -0.1) is 0 Å². The number of rotatable bonds is 8. The van der Waals surface area contributed by atoms with Crippen LogP contribution in [-0.2, 0) is 21.2 Å². The Morgan fingerprint density at radius 2 is 1.83 bits per heavy atom. The van der Waals surface area contributed by atoms with Crippen molar-refractivity contribution in [3.05, 3.63) is 65.2 Å². The number of likely N-dealkylation sites (tertiary alicyclic amines) is 1. The lowest BCUT2D eigenvalue weighted by Gasteiger charge is -2.32. The van der Waals surface area contributed by atoms with E-state index in [1.54, 1.807) is 6.07 Å². The third kappa shape index (κ3) is 5.68. The van der Waals surface area contributed by atoms with Crippen molar-refractivity contribution in [3.8, 4) is 0 Å². The number of piperidine rings is 1. The van der Waals surface area contributed by atoms with E-state index in [2.05, 4.69) is 29.0 Å². The van der Waals surface area contributed by atoms with Crippen LogP contribution < -0.4 is 4.72 Å². The minimum Gasteiger partial charge on any atom is -0.383 e. The van der Waals surface area contributed by atoms with Gasteiger partial charge in [0.25, 0.3) is 5.91 Å². The maximum Gasteiger partial charge on any atom is 0.254 e. The predicted molar refractivity (Wildman–Crippen MR) is 117 cm³/mol. The van der Waals surface area contributed by atoms with Crippen molar-refractivity contribution in [3.63, 3.8) is 0 Å². The number of nitrogens with one attached hydrogen (secondary N) is 1. The minimum absolute atomic E-state index is 0.0976. The first kappa shape index (κ1) is 22.5. The number of ether oxygens (including phenoxy) is 1. The van der Waals surface area contributed by atoms with Crippen LogP contribution in [0.1, 0.15) is 34.3 Å². The number of benzene rings is 2. The van der Waals surface area contributed by atoms with Crippen molar-refractivity contribution in [1.29, 1.82) is 0 Å². The molecule has 2 aromatic rings. The molecule has 3 rings (SSSR count). The maximum absolute atomic E-state index is 13.1.